The van der Waals surface area contributed by atoms with E-state index in [4.69, 9.17) is 4.37 Å². The summed E-state index contributed by atoms with van der Waals surface area (Å²) in [6, 6.07) is 17.1. The van der Waals surface area contributed by atoms with Gasteiger partial charge in [0.05, 0.1) is 4.70 Å². The van der Waals surface area contributed by atoms with Crippen molar-refractivity contribution >= 4 is 33.3 Å². The highest BCUT2D eigenvalue weighted by Crippen LogP contribution is 2.39. The third-order valence-electron chi connectivity index (χ3n) is 7.85. The van der Waals surface area contributed by atoms with Gasteiger partial charge in [0.1, 0.15) is 5.82 Å². The van der Waals surface area contributed by atoms with Crippen LogP contribution in [0.1, 0.15) is 24.0 Å². The highest BCUT2D eigenvalue weighted by atomic mass is 32.1. The van der Waals surface area contributed by atoms with Crippen LogP contribution < -0.4 is 10.2 Å². The molecular weight excluding hydrogens is 428 g/mol. The maximum atomic E-state index is 12.7. The molecule has 0 bridgehead atoms. The molecule has 1 saturated carbocycles. The summed E-state index contributed by atoms with van der Waals surface area (Å²) in [7, 11) is 0. The first kappa shape index (κ1) is 21.1. The van der Waals surface area contributed by atoms with Crippen molar-refractivity contribution in [3.63, 3.8) is 0 Å². The van der Waals surface area contributed by atoms with Crippen molar-refractivity contribution in [1.29, 1.82) is 0 Å². The van der Waals surface area contributed by atoms with Crippen LogP contribution in [0.15, 0.2) is 48.5 Å². The number of hydrogen-bond acceptors (Lipinski definition) is 5. The highest BCUT2D eigenvalue weighted by molar-refractivity contribution is 7.13. The fourth-order valence-corrected chi connectivity index (χ4v) is 6.45. The van der Waals surface area contributed by atoms with Crippen molar-refractivity contribution < 1.29 is 4.79 Å². The van der Waals surface area contributed by atoms with E-state index in [1.807, 2.05) is 0 Å². The molecule has 3 aromatic rings. The van der Waals surface area contributed by atoms with Gasteiger partial charge in [-0.1, -0.05) is 36.4 Å². The Morgan fingerprint density at radius 1 is 1.00 bits per heavy atom. The molecule has 33 heavy (non-hydrogen) atoms. The van der Waals surface area contributed by atoms with Crippen molar-refractivity contribution in [3.8, 4) is 0 Å². The molecule has 0 radical (unpaired) electrons. The SMILES string of the molecule is O=C(NCC1CC1CN1CCN(c2nsc3ccccc23)CC1)C1CCc2ccccc2C1. The summed E-state index contributed by atoms with van der Waals surface area (Å²) < 4.78 is 6.00. The zero-order valence-corrected chi connectivity index (χ0v) is 19.9. The van der Waals surface area contributed by atoms with Crippen molar-refractivity contribution in [1.82, 2.24) is 14.6 Å². The second-order valence-corrected chi connectivity index (χ2v) is 10.8. The lowest BCUT2D eigenvalue weighted by molar-refractivity contribution is -0.125. The van der Waals surface area contributed by atoms with Gasteiger partial charge in [0.15, 0.2) is 0 Å². The first-order valence-corrected chi connectivity index (χ1v) is 13.2. The molecule has 1 aromatic heterocycles. The first-order valence-electron chi connectivity index (χ1n) is 12.4. The Balaban J connectivity index is 0.936. The zero-order valence-electron chi connectivity index (χ0n) is 19.1. The molecule has 3 unspecified atom stereocenters. The van der Waals surface area contributed by atoms with Crippen LogP contribution in [-0.2, 0) is 17.6 Å². The van der Waals surface area contributed by atoms with E-state index in [-0.39, 0.29) is 11.8 Å². The summed E-state index contributed by atoms with van der Waals surface area (Å²) in [5.41, 5.74) is 2.78. The minimum atomic E-state index is 0.145. The van der Waals surface area contributed by atoms with Gasteiger partial charge in [-0.25, -0.2) is 0 Å². The van der Waals surface area contributed by atoms with Gasteiger partial charge in [0.25, 0.3) is 0 Å². The van der Waals surface area contributed by atoms with Gasteiger partial charge in [0, 0.05) is 50.6 Å². The third-order valence-corrected chi connectivity index (χ3v) is 8.67. The maximum Gasteiger partial charge on any atom is 0.223 e. The van der Waals surface area contributed by atoms with Gasteiger partial charge in [-0.05, 0) is 72.3 Å². The second-order valence-electron chi connectivity index (χ2n) is 10.00. The topological polar surface area (TPSA) is 48.5 Å². The van der Waals surface area contributed by atoms with E-state index in [1.54, 1.807) is 11.5 Å². The van der Waals surface area contributed by atoms with Crippen LogP contribution in [0.4, 0.5) is 5.82 Å². The number of amides is 1. The number of aromatic nitrogens is 1. The molecule has 3 atom stereocenters. The summed E-state index contributed by atoms with van der Waals surface area (Å²) >= 11 is 1.60. The summed E-state index contributed by atoms with van der Waals surface area (Å²) in [6.45, 7) is 6.32. The van der Waals surface area contributed by atoms with Gasteiger partial charge in [-0.2, -0.15) is 4.37 Å². The molecule has 2 fully saturated rings. The Morgan fingerprint density at radius 3 is 2.67 bits per heavy atom. The minimum Gasteiger partial charge on any atom is -0.356 e. The van der Waals surface area contributed by atoms with Crippen LogP contribution in [0.3, 0.4) is 0 Å². The van der Waals surface area contributed by atoms with Gasteiger partial charge < -0.3 is 10.2 Å². The first-order chi connectivity index (χ1) is 16.2. The lowest BCUT2D eigenvalue weighted by Gasteiger charge is -2.35. The molecule has 1 N–H and O–H groups in total. The van der Waals surface area contributed by atoms with E-state index in [2.05, 4.69) is 63.6 Å². The average Bonchev–Trinajstić information content (AvgIpc) is 3.46. The highest BCUT2D eigenvalue weighted by Gasteiger charge is 2.39. The number of carbonyl (C=O) groups excluding carboxylic acids is 1. The molecule has 1 saturated heterocycles. The van der Waals surface area contributed by atoms with E-state index in [0.29, 0.717) is 5.92 Å². The second kappa shape index (κ2) is 9.07. The Kier molecular flexibility index (Phi) is 5.80. The number of hydrogen-bond donors (Lipinski definition) is 1. The largest absolute Gasteiger partial charge is 0.356 e. The molecule has 0 spiro atoms. The molecule has 172 valence electrons. The predicted molar refractivity (Wildman–Crippen MR) is 135 cm³/mol. The Labute approximate surface area is 199 Å². The van der Waals surface area contributed by atoms with Crippen molar-refractivity contribution in [2.75, 3.05) is 44.2 Å². The maximum absolute atomic E-state index is 12.7. The summed E-state index contributed by atoms with van der Waals surface area (Å²) in [4.78, 5) is 17.8. The quantitative estimate of drug-likeness (QED) is 0.605. The molecule has 2 aromatic carbocycles. The van der Waals surface area contributed by atoms with E-state index < -0.39 is 0 Å². The fourth-order valence-electron chi connectivity index (χ4n) is 5.66. The van der Waals surface area contributed by atoms with Crippen LogP contribution in [0.5, 0.6) is 0 Å². The standard InChI is InChI=1S/C27H32N4OS/c32-27(21-10-9-19-5-1-2-6-20(19)15-21)28-17-22-16-23(22)18-30-11-13-31(14-12-30)26-24-7-3-4-8-25(24)33-29-26/h1-8,21-23H,9-18H2,(H,28,32). The number of rotatable bonds is 6. The lowest BCUT2D eigenvalue weighted by Crippen LogP contribution is -2.47. The minimum absolute atomic E-state index is 0.145. The average molecular weight is 461 g/mol. The van der Waals surface area contributed by atoms with E-state index in [0.717, 1.165) is 63.7 Å². The van der Waals surface area contributed by atoms with E-state index >= 15 is 0 Å². The summed E-state index contributed by atoms with van der Waals surface area (Å²) in [5, 5.41) is 4.57. The molecule has 5 nitrogen and oxygen atoms in total. The molecule has 1 aliphatic heterocycles. The number of nitrogens with zero attached hydrogens (tertiary/aromatic N) is 3. The van der Waals surface area contributed by atoms with Crippen molar-refractivity contribution in [3.05, 3.63) is 59.7 Å². The Hall–Kier alpha value is -2.44. The predicted octanol–water partition coefficient (Wildman–Crippen LogP) is 3.98. The Morgan fingerprint density at radius 2 is 1.79 bits per heavy atom. The van der Waals surface area contributed by atoms with Crippen LogP contribution >= 0.6 is 11.5 Å². The van der Waals surface area contributed by atoms with E-state index in [1.165, 1.54) is 34.2 Å². The normalized spacial score (nSPS) is 25.1. The zero-order chi connectivity index (χ0) is 22.2. The fraction of sp³-hybridized carbons (Fsp3) is 0.481. The van der Waals surface area contributed by atoms with Crippen molar-refractivity contribution in [2.24, 2.45) is 17.8 Å². The van der Waals surface area contributed by atoms with Gasteiger partial charge in [0.2, 0.25) is 5.91 Å². The summed E-state index contributed by atoms with van der Waals surface area (Å²) in [6.07, 6.45) is 4.16. The number of benzene rings is 2. The van der Waals surface area contributed by atoms with Crippen molar-refractivity contribution in [2.45, 2.75) is 25.7 Å². The summed E-state index contributed by atoms with van der Waals surface area (Å²) in [5.74, 6) is 2.97. The molecule has 6 heteroatoms. The number of anilines is 1. The number of nitrogens with one attached hydrogen (secondary N) is 1. The number of piperazine rings is 1. The number of aryl methyl sites for hydroxylation is 1. The number of fused-ring (bicyclic) bond motifs is 2. The lowest BCUT2D eigenvalue weighted by atomic mass is 9.83. The molecular formula is C27H32N4OS. The number of carbonyl (C=O) groups is 1. The molecule has 2 heterocycles. The van der Waals surface area contributed by atoms with Crippen LogP contribution in [-0.4, -0.2) is 54.4 Å². The third kappa shape index (κ3) is 4.51. The molecule has 6 rings (SSSR count). The van der Waals surface area contributed by atoms with E-state index in [9.17, 15) is 4.79 Å². The van der Waals surface area contributed by atoms with Gasteiger partial charge in [-0.3, -0.25) is 9.69 Å². The molecule has 2 aliphatic carbocycles. The Bertz CT molecular complexity index is 1140. The van der Waals surface area contributed by atoms with Crippen LogP contribution in [0, 0.1) is 17.8 Å². The van der Waals surface area contributed by atoms with Gasteiger partial charge in [-0.15, -0.1) is 0 Å². The smallest absolute Gasteiger partial charge is 0.223 e. The molecule has 1 amide bonds. The molecule has 3 aliphatic rings. The monoisotopic (exact) mass is 460 g/mol. The van der Waals surface area contributed by atoms with Crippen LogP contribution in [0.2, 0.25) is 0 Å². The van der Waals surface area contributed by atoms with Gasteiger partial charge >= 0.3 is 0 Å². The van der Waals surface area contributed by atoms with Crippen LogP contribution in [0.25, 0.3) is 10.1 Å².